The van der Waals surface area contributed by atoms with Crippen LogP contribution in [0.4, 0.5) is 45.2 Å². The molecule has 0 radical (unpaired) electrons. The second-order valence-electron chi connectivity index (χ2n) is 18.3. The van der Waals surface area contributed by atoms with Gasteiger partial charge in [-0.25, -0.2) is 4.85 Å². The maximum Gasteiger partial charge on any atom is 0.417 e. The third kappa shape index (κ3) is 7.96. The van der Waals surface area contributed by atoms with E-state index in [4.69, 9.17) is 6.57 Å². The zero-order valence-electron chi connectivity index (χ0n) is 39.0. The van der Waals surface area contributed by atoms with Gasteiger partial charge in [0, 0.05) is 38.4 Å². The van der Waals surface area contributed by atoms with Crippen molar-refractivity contribution in [1.29, 1.82) is 0 Å². The van der Waals surface area contributed by atoms with Gasteiger partial charge in [0.15, 0.2) is 5.69 Å². The molecule has 73 heavy (non-hydrogen) atoms. The molecule has 0 aliphatic heterocycles. The van der Waals surface area contributed by atoms with E-state index < -0.39 is 40.8 Å². The zero-order valence-corrected chi connectivity index (χ0v) is 39.0. The molecular formula is C61H38F9N3. The van der Waals surface area contributed by atoms with Gasteiger partial charge in [-0.3, -0.25) is 0 Å². The summed E-state index contributed by atoms with van der Waals surface area (Å²) in [6.45, 7) is 14.4. The van der Waals surface area contributed by atoms with E-state index >= 15 is 0 Å². The first kappa shape index (κ1) is 46.8. The highest BCUT2D eigenvalue weighted by Gasteiger charge is 2.39. The summed E-state index contributed by atoms with van der Waals surface area (Å²) in [6.07, 6.45) is -14.9. The molecule has 0 bridgehead atoms. The Labute approximate surface area is 412 Å². The van der Waals surface area contributed by atoms with Crippen LogP contribution in [-0.4, -0.2) is 9.13 Å². The number of para-hydroxylation sites is 2. The molecule has 0 amide bonds. The molecular weight excluding hydrogens is 946 g/mol. The molecule has 0 unspecified atom stereocenters. The Morgan fingerprint density at radius 2 is 0.932 bits per heavy atom. The number of hydrogen-bond donors (Lipinski definition) is 0. The number of fused-ring (bicyclic) bond motifs is 6. The van der Waals surface area contributed by atoms with Gasteiger partial charge >= 0.3 is 18.5 Å². The molecule has 0 N–H and O–H groups in total. The average molecular weight is 984 g/mol. The van der Waals surface area contributed by atoms with Gasteiger partial charge in [-0.2, -0.15) is 39.5 Å². The highest BCUT2D eigenvalue weighted by molar-refractivity contribution is 6.14. The summed E-state index contributed by atoms with van der Waals surface area (Å²) in [5.41, 5.74) is 5.66. The van der Waals surface area contributed by atoms with Crippen LogP contribution >= 0.6 is 0 Å². The lowest BCUT2D eigenvalue weighted by molar-refractivity contribution is -0.143. The fourth-order valence-electron chi connectivity index (χ4n) is 10.5. The van der Waals surface area contributed by atoms with Crippen molar-refractivity contribution in [2.75, 3.05) is 0 Å². The van der Waals surface area contributed by atoms with E-state index in [-0.39, 0.29) is 22.9 Å². The fourth-order valence-corrected chi connectivity index (χ4v) is 10.5. The number of alkyl halides is 9. The topological polar surface area (TPSA) is 14.2 Å². The predicted octanol–water partition coefficient (Wildman–Crippen LogP) is 19.1. The molecule has 12 heteroatoms. The largest absolute Gasteiger partial charge is 0.417 e. The van der Waals surface area contributed by atoms with Gasteiger partial charge in [-0.1, -0.05) is 109 Å². The second-order valence-corrected chi connectivity index (χ2v) is 18.3. The number of aromatic nitrogens is 2. The second kappa shape index (κ2) is 17.1. The van der Waals surface area contributed by atoms with Crippen molar-refractivity contribution < 1.29 is 39.5 Å². The summed E-state index contributed by atoms with van der Waals surface area (Å²) in [5, 5.41) is 2.87. The van der Waals surface area contributed by atoms with Crippen LogP contribution in [0.3, 0.4) is 0 Å². The van der Waals surface area contributed by atoms with Crippen LogP contribution in [0, 0.1) is 27.3 Å². The van der Waals surface area contributed by atoms with Crippen LogP contribution in [0.2, 0.25) is 0 Å². The van der Waals surface area contributed by atoms with Crippen LogP contribution in [0.25, 0.3) is 104 Å². The van der Waals surface area contributed by atoms with Crippen molar-refractivity contribution in [2.24, 2.45) is 0 Å². The lowest BCUT2D eigenvalue weighted by Crippen LogP contribution is -2.12. The Morgan fingerprint density at radius 3 is 1.51 bits per heavy atom. The number of hydrogen-bond acceptors (Lipinski definition) is 0. The molecule has 11 rings (SSSR count). The van der Waals surface area contributed by atoms with E-state index in [1.165, 1.54) is 12.1 Å². The number of aryl methyl sites for hydroxylation is 3. The number of nitrogens with zero attached hydrogens (tertiary/aromatic N) is 3. The standard InChI is InChI=1S/C61H38F9N3/c1-34-19-23-42(36(3)27-34)37-20-25-54-47(31-37)45-11-6-8-16-52(45)73(54)56-18-10-14-50(71-4)58(56)57-44(39-28-35(2)29-41(30-39)60(65,66)67)13-9-17-55(57)72-51-15-7-5-12-46(51)48-32-38(21-26-53(48)72)43-24-22-40(59(62,63)64)33-49(43)61(68,69)70/h5-33H,1-3H3. The van der Waals surface area contributed by atoms with Gasteiger partial charge in [0.2, 0.25) is 0 Å². The zero-order chi connectivity index (χ0) is 51.3. The molecule has 11 aromatic rings. The number of rotatable bonds is 6. The molecule has 9 aromatic carbocycles. The van der Waals surface area contributed by atoms with Crippen LogP contribution < -0.4 is 0 Å². The predicted molar refractivity (Wildman–Crippen MR) is 272 cm³/mol. The van der Waals surface area contributed by atoms with Crippen LogP contribution in [0.5, 0.6) is 0 Å². The van der Waals surface area contributed by atoms with Crippen LogP contribution in [-0.2, 0) is 18.5 Å². The van der Waals surface area contributed by atoms with Crippen molar-refractivity contribution >= 4 is 49.3 Å². The van der Waals surface area contributed by atoms with Crippen molar-refractivity contribution in [3.8, 4) is 55.9 Å². The molecule has 360 valence electrons. The molecule has 0 aliphatic rings. The molecule has 0 saturated heterocycles. The maximum atomic E-state index is 14.7. The van der Waals surface area contributed by atoms with E-state index in [1.54, 1.807) is 73.7 Å². The molecule has 2 heterocycles. The van der Waals surface area contributed by atoms with Crippen LogP contribution in [0.15, 0.2) is 176 Å². The molecule has 3 nitrogen and oxygen atoms in total. The Hall–Kier alpha value is -8.56. The van der Waals surface area contributed by atoms with Crippen molar-refractivity contribution in [1.82, 2.24) is 9.13 Å². The highest BCUT2D eigenvalue weighted by Crippen LogP contribution is 2.50. The van der Waals surface area contributed by atoms with Gasteiger partial charge in [0.1, 0.15) is 0 Å². The highest BCUT2D eigenvalue weighted by atomic mass is 19.4. The van der Waals surface area contributed by atoms with Crippen LogP contribution in [0.1, 0.15) is 33.4 Å². The Bertz CT molecular complexity index is 4100. The Kier molecular flexibility index (Phi) is 10.9. The van der Waals surface area contributed by atoms with Gasteiger partial charge in [-0.15, -0.1) is 0 Å². The summed E-state index contributed by atoms with van der Waals surface area (Å²) in [7, 11) is 0. The minimum absolute atomic E-state index is 0.0116. The average Bonchev–Trinajstić information content (AvgIpc) is 3.86. The summed E-state index contributed by atoms with van der Waals surface area (Å²) in [6, 6.07) is 47.9. The van der Waals surface area contributed by atoms with Crippen molar-refractivity contribution in [3.05, 3.63) is 221 Å². The lowest BCUT2D eigenvalue weighted by atomic mass is 9.89. The smallest absolute Gasteiger partial charge is 0.310 e. The first-order chi connectivity index (χ1) is 34.8. The van der Waals surface area contributed by atoms with Gasteiger partial charge < -0.3 is 9.13 Å². The maximum absolute atomic E-state index is 14.7. The first-order valence-corrected chi connectivity index (χ1v) is 23.1. The van der Waals surface area contributed by atoms with E-state index in [0.717, 1.165) is 62.3 Å². The lowest BCUT2D eigenvalue weighted by Gasteiger charge is -2.23. The van der Waals surface area contributed by atoms with E-state index in [0.29, 0.717) is 61.5 Å². The Morgan fingerprint density at radius 1 is 0.384 bits per heavy atom. The fraction of sp³-hybridized carbons (Fsp3) is 0.0984. The quantitative estimate of drug-likeness (QED) is 0.116. The third-order valence-corrected chi connectivity index (χ3v) is 13.6. The van der Waals surface area contributed by atoms with Gasteiger partial charge in [0.25, 0.3) is 0 Å². The monoisotopic (exact) mass is 983 g/mol. The summed E-state index contributed by atoms with van der Waals surface area (Å²) < 4.78 is 133. The molecule has 0 spiro atoms. The SMILES string of the molecule is [C-]#[N+]c1cccc(-n2c3ccccc3c3cc(-c4ccc(C)cc4C)ccc32)c1-c1c(-c2cc(C)cc(C(F)(F)F)c2)cccc1-n1c2ccccc2c2cc(-c3ccc(C(F)(F)F)cc3C(F)(F)F)ccc21. The summed E-state index contributed by atoms with van der Waals surface area (Å²) in [4.78, 5) is 4.08. The van der Waals surface area contributed by atoms with E-state index in [2.05, 4.69) is 40.6 Å². The van der Waals surface area contributed by atoms with E-state index in [1.807, 2.05) is 54.0 Å². The normalized spacial score (nSPS) is 12.4. The van der Waals surface area contributed by atoms with Crippen molar-refractivity contribution in [3.63, 3.8) is 0 Å². The number of halogens is 9. The van der Waals surface area contributed by atoms with E-state index in [9.17, 15) is 39.5 Å². The molecule has 2 aromatic heterocycles. The van der Waals surface area contributed by atoms with Gasteiger partial charge in [-0.05, 0) is 138 Å². The molecule has 0 fully saturated rings. The molecule has 0 atom stereocenters. The Balaban J connectivity index is 1.24. The van der Waals surface area contributed by atoms with Gasteiger partial charge in [0.05, 0.1) is 51.0 Å². The van der Waals surface area contributed by atoms with Crippen molar-refractivity contribution in [2.45, 2.75) is 39.3 Å². The first-order valence-electron chi connectivity index (χ1n) is 23.1. The summed E-state index contributed by atoms with van der Waals surface area (Å²) >= 11 is 0. The minimum atomic E-state index is -5.14. The third-order valence-electron chi connectivity index (χ3n) is 13.6. The summed E-state index contributed by atoms with van der Waals surface area (Å²) in [5.74, 6) is 0. The molecule has 0 saturated carbocycles. The molecule has 0 aliphatic carbocycles. The minimum Gasteiger partial charge on any atom is -0.310 e. The number of benzene rings is 9.